The molecule has 0 bridgehead atoms. The van der Waals surface area contributed by atoms with Crippen LogP contribution in [-0.4, -0.2) is 16.9 Å². The van der Waals surface area contributed by atoms with Crippen LogP contribution < -0.4 is 0 Å². The highest BCUT2D eigenvalue weighted by atomic mass is 16.4. The van der Waals surface area contributed by atoms with Crippen molar-refractivity contribution in [1.82, 2.24) is 0 Å². The normalized spacial score (nSPS) is 23.2. The van der Waals surface area contributed by atoms with Crippen LogP contribution in [0, 0.1) is 11.8 Å². The van der Waals surface area contributed by atoms with Gasteiger partial charge in [-0.1, -0.05) is 51.9 Å². The van der Waals surface area contributed by atoms with Gasteiger partial charge < -0.3 is 5.11 Å². The van der Waals surface area contributed by atoms with E-state index >= 15 is 0 Å². The van der Waals surface area contributed by atoms with Crippen LogP contribution in [-0.2, 0) is 9.59 Å². The lowest BCUT2D eigenvalue weighted by Gasteiger charge is -2.27. The lowest BCUT2D eigenvalue weighted by atomic mass is 9.76. The number of unbranched alkanes of at least 4 members (excludes halogenated alkanes) is 5. The van der Waals surface area contributed by atoms with E-state index in [2.05, 4.69) is 6.92 Å². The molecular formula is C16H28O3. The van der Waals surface area contributed by atoms with Crippen molar-refractivity contribution in [3.8, 4) is 0 Å². The van der Waals surface area contributed by atoms with Gasteiger partial charge in [0, 0.05) is 12.3 Å². The average molecular weight is 268 g/mol. The summed E-state index contributed by atoms with van der Waals surface area (Å²) in [6.07, 6.45) is 11.0. The highest BCUT2D eigenvalue weighted by Crippen LogP contribution is 2.32. The Morgan fingerprint density at radius 1 is 0.947 bits per heavy atom. The van der Waals surface area contributed by atoms with Gasteiger partial charge in [0.05, 0.1) is 5.92 Å². The SMILES string of the molecule is CCCCCCCCC(=O)[C@@H]1CCCC[C@@H]1C(=O)O. The molecule has 3 nitrogen and oxygen atoms in total. The second-order valence-electron chi connectivity index (χ2n) is 5.82. The molecule has 0 aliphatic heterocycles. The fourth-order valence-electron chi connectivity index (χ4n) is 3.08. The van der Waals surface area contributed by atoms with Crippen LogP contribution in [0.3, 0.4) is 0 Å². The van der Waals surface area contributed by atoms with E-state index in [1.165, 1.54) is 25.7 Å². The summed E-state index contributed by atoms with van der Waals surface area (Å²) < 4.78 is 0. The monoisotopic (exact) mass is 268 g/mol. The molecule has 0 amide bonds. The quantitative estimate of drug-likeness (QED) is 0.638. The van der Waals surface area contributed by atoms with Gasteiger partial charge in [-0.15, -0.1) is 0 Å². The average Bonchev–Trinajstić information content (AvgIpc) is 2.42. The molecule has 0 heterocycles. The van der Waals surface area contributed by atoms with Crippen LogP contribution in [0.5, 0.6) is 0 Å². The minimum absolute atomic E-state index is 0.197. The summed E-state index contributed by atoms with van der Waals surface area (Å²) >= 11 is 0. The summed E-state index contributed by atoms with van der Waals surface area (Å²) in [5, 5.41) is 9.17. The summed E-state index contributed by atoms with van der Waals surface area (Å²) in [5.41, 5.74) is 0. The summed E-state index contributed by atoms with van der Waals surface area (Å²) in [5.74, 6) is -1.20. The predicted molar refractivity (Wildman–Crippen MR) is 76.1 cm³/mol. The Bertz CT molecular complexity index is 286. The molecule has 0 aromatic heterocycles. The van der Waals surface area contributed by atoms with Crippen molar-refractivity contribution in [3.05, 3.63) is 0 Å². The first-order valence-corrected chi connectivity index (χ1v) is 7.92. The van der Waals surface area contributed by atoms with Gasteiger partial charge in [0.25, 0.3) is 0 Å². The van der Waals surface area contributed by atoms with Crippen LogP contribution >= 0.6 is 0 Å². The molecule has 19 heavy (non-hydrogen) atoms. The Kier molecular flexibility index (Phi) is 7.76. The Labute approximate surface area is 116 Å². The minimum Gasteiger partial charge on any atom is -0.481 e. The third-order valence-electron chi connectivity index (χ3n) is 4.27. The zero-order chi connectivity index (χ0) is 14.1. The molecule has 0 aromatic carbocycles. The second-order valence-corrected chi connectivity index (χ2v) is 5.82. The largest absolute Gasteiger partial charge is 0.481 e. The van der Waals surface area contributed by atoms with Crippen LogP contribution in [0.1, 0.15) is 77.6 Å². The van der Waals surface area contributed by atoms with Crippen molar-refractivity contribution in [1.29, 1.82) is 0 Å². The molecule has 2 atom stereocenters. The third kappa shape index (κ3) is 5.75. The Balaban J connectivity index is 2.25. The number of rotatable bonds is 9. The van der Waals surface area contributed by atoms with Gasteiger partial charge in [-0.3, -0.25) is 9.59 Å². The van der Waals surface area contributed by atoms with Gasteiger partial charge in [0.15, 0.2) is 0 Å². The number of carboxylic acid groups (broad SMARTS) is 1. The molecule has 0 saturated heterocycles. The highest BCUT2D eigenvalue weighted by Gasteiger charge is 2.34. The second kappa shape index (κ2) is 9.11. The molecule has 1 rings (SSSR count). The van der Waals surface area contributed by atoms with Gasteiger partial charge >= 0.3 is 5.97 Å². The molecule has 1 aliphatic rings. The molecule has 0 unspecified atom stereocenters. The summed E-state index contributed by atoms with van der Waals surface area (Å²) in [6, 6.07) is 0. The number of Topliss-reactive ketones (excluding diaryl/α,β-unsaturated/α-hetero) is 1. The number of ketones is 1. The van der Waals surface area contributed by atoms with Gasteiger partial charge in [0.1, 0.15) is 5.78 Å². The molecular weight excluding hydrogens is 240 g/mol. The first-order valence-electron chi connectivity index (χ1n) is 7.92. The molecule has 0 spiro atoms. The predicted octanol–water partition coefficient (Wildman–Crippen LogP) is 4.20. The fraction of sp³-hybridized carbons (Fsp3) is 0.875. The number of carbonyl (C=O) groups excluding carboxylic acids is 1. The number of hydrogen-bond donors (Lipinski definition) is 1. The van der Waals surface area contributed by atoms with E-state index in [4.69, 9.17) is 0 Å². The molecule has 0 radical (unpaired) electrons. The third-order valence-corrected chi connectivity index (χ3v) is 4.27. The van der Waals surface area contributed by atoms with Crippen molar-refractivity contribution >= 4 is 11.8 Å². The zero-order valence-electron chi connectivity index (χ0n) is 12.2. The van der Waals surface area contributed by atoms with Gasteiger partial charge in [-0.25, -0.2) is 0 Å². The first-order chi connectivity index (χ1) is 9.16. The molecule has 3 heteroatoms. The van der Waals surface area contributed by atoms with Gasteiger partial charge in [-0.05, 0) is 19.3 Å². The van der Waals surface area contributed by atoms with E-state index in [9.17, 15) is 14.7 Å². The van der Waals surface area contributed by atoms with E-state index in [0.717, 1.165) is 32.1 Å². The summed E-state index contributed by atoms with van der Waals surface area (Å²) in [4.78, 5) is 23.3. The number of carbonyl (C=O) groups is 2. The van der Waals surface area contributed by atoms with E-state index in [0.29, 0.717) is 12.8 Å². The van der Waals surface area contributed by atoms with Crippen LogP contribution in [0.2, 0.25) is 0 Å². The maximum atomic E-state index is 12.1. The smallest absolute Gasteiger partial charge is 0.307 e. The van der Waals surface area contributed by atoms with E-state index < -0.39 is 11.9 Å². The van der Waals surface area contributed by atoms with E-state index in [1.54, 1.807) is 0 Å². The van der Waals surface area contributed by atoms with Crippen molar-refractivity contribution in [2.45, 2.75) is 77.6 Å². The fourth-order valence-corrected chi connectivity index (χ4v) is 3.08. The molecule has 0 aromatic rings. The van der Waals surface area contributed by atoms with Crippen molar-refractivity contribution in [2.24, 2.45) is 11.8 Å². The molecule has 1 fully saturated rings. The molecule has 1 aliphatic carbocycles. The molecule has 110 valence electrons. The highest BCUT2D eigenvalue weighted by molar-refractivity contribution is 5.86. The number of carboxylic acids is 1. The van der Waals surface area contributed by atoms with Crippen LogP contribution in [0.15, 0.2) is 0 Å². The zero-order valence-corrected chi connectivity index (χ0v) is 12.2. The number of hydrogen-bond acceptors (Lipinski definition) is 2. The maximum Gasteiger partial charge on any atom is 0.307 e. The summed E-state index contributed by atoms with van der Waals surface area (Å²) in [7, 11) is 0. The van der Waals surface area contributed by atoms with Crippen LogP contribution in [0.25, 0.3) is 0 Å². The lowest BCUT2D eigenvalue weighted by Crippen LogP contribution is -2.32. The minimum atomic E-state index is -0.777. The molecule has 1 N–H and O–H groups in total. The Hall–Kier alpha value is -0.860. The van der Waals surface area contributed by atoms with E-state index in [-0.39, 0.29) is 11.7 Å². The van der Waals surface area contributed by atoms with Crippen molar-refractivity contribution in [3.63, 3.8) is 0 Å². The Morgan fingerprint density at radius 2 is 1.53 bits per heavy atom. The standard InChI is InChI=1S/C16H28O3/c1-2-3-4-5-6-7-12-15(17)13-10-8-9-11-14(13)16(18)19/h13-14H,2-12H2,1H3,(H,18,19)/t13-,14+/m1/s1. The Morgan fingerprint density at radius 3 is 2.16 bits per heavy atom. The lowest BCUT2D eigenvalue weighted by molar-refractivity contribution is -0.148. The number of aliphatic carboxylic acids is 1. The van der Waals surface area contributed by atoms with Crippen molar-refractivity contribution in [2.75, 3.05) is 0 Å². The van der Waals surface area contributed by atoms with Crippen LogP contribution in [0.4, 0.5) is 0 Å². The first kappa shape index (κ1) is 16.2. The maximum absolute atomic E-state index is 12.1. The topological polar surface area (TPSA) is 54.4 Å². The van der Waals surface area contributed by atoms with Gasteiger partial charge in [-0.2, -0.15) is 0 Å². The van der Waals surface area contributed by atoms with Gasteiger partial charge in [0.2, 0.25) is 0 Å². The summed E-state index contributed by atoms with van der Waals surface area (Å²) in [6.45, 7) is 2.19. The van der Waals surface area contributed by atoms with Crippen molar-refractivity contribution < 1.29 is 14.7 Å². The van der Waals surface area contributed by atoms with E-state index in [1.807, 2.05) is 0 Å². The molecule has 1 saturated carbocycles.